The van der Waals surface area contributed by atoms with Crippen LogP contribution in [0.2, 0.25) is 0 Å². The van der Waals surface area contributed by atoms with Gasteiger partial charge in [0.15, 0.2) is 0 Å². The lowest BCUT2D eigenvalue weighted by molar-refractivity contribution is -0.904. The van der Waals surface area contributed by atoms with Gasteiger partial charge >= 0.3 is 5.91 Å². The predicted octanol–water partition coefficient (Wildman–Crippen LogP) is 2.65. The molecule has 14 heteroatoms. The SMILES string of the molecule is CCC#C[C@@H](C(=O)C(=O)NC1CC1)[N+]12CC[C@H]3CN(C(=O)[C@@H](NC(=O)[C@@H](NC(=O)c4cc(OC(C)(C)C)no4)C4CCCCC4)C(C)(C)C)[C@H](C1=O)[C@H]32. The zero-order chi connectivity index (χ0) is 38.5. The van der Waals surface area contributed by atoms with E-state index in [1.165, 1.54) is 6.07 Å². The lowest BCUT2D eigenvalue weighted by Gasteiger charge is -2.52. The first-order valence-electron chi connectivity index (χ1n) is 19.3. The molecule has 2 saturated carbocycles. The Morgan fingerprint density at radius 2 is 1.72 bits per heavy atom. The molecule has 1 aromatic heterocycles. The minimum atomic E-state index is -1.12. The first kappa shape index (κ1) is 38.5. The number of hydrogen-bond acceptors (Lipinski definition) is 9. The van der Waals surface area contributed by atoms with Gasteiger partial charge in [-0.15, -0.1) is 0 Å². The van der Waals surface area contributed by atoms with Crippen LogP contribution in [0.5, 0.6) is 5.88 Å². The molecule has 288 valence electrons. The lowest BCUT2D eigenvalue weighted by atomic mass is 9.81. The van der Waals surface area contributed by atoms with Crippen LogP contribution in [0.3, 0.4) is 0 Å². The molecule has 3 aliphatic heterocycles. The highest BCUT2D eigenvalue weighted by Crippen LogP contribution is 2.52. The van der Waals surface area contributed by atoms with Gasteiger partial charge in [-0.1, -0.05) is 52.9 Å². The highest BCUT2D eigenvalue weighted by Gasteiger charge is 2.78. The maximum absolute atomic E-state index is 14.6. The van der Waals surface area contributed by atoms with E-state index in [1.54, 1.807) is 4.90 Å². The van der Waals surface area contributed by atoms with Crippen LogP contribution in [0.1, 0.15) is 117 Å². The van der Waals surface area contributed by atoms with Gasteiger partial charge in [-0.25, -0.2) is 9.28 Å². The van der Waals surface area contributed by atoms with Gasteiger partial charge in [0.2, 0.25) is 29.7 Å². The Labute approximate surface area is 311 Å². The van der Waals surface area contributed by atoms with Crippen molar-refractivity contribution in [3.63, 3.8) is 0 Å². The number of nitrogens with zero attached hydrogens (tertiary/aromatic N) is 3. The predicted molar refractivity (Wildman–Crippen MR) is 192 cm³/mol. The molecule has 4 heterocycles. The van der Waals surface area contributed by atoms with E-state index < -0.39 is 64.6 Å². The minimum absolute atomic E-state index is 0.0180. The summed E-state index contributed by atoms with van der Waals surface area (Å²) in [4.78, 5) is 84.7. The summed E-state index contributed by atoms with van der Waals surface area (Å²) in [5.74, 6) is 2.57. The molecule has 1 aromatic rings. The summed E-state index contributed by atoms with van der Waals surface area (Å²) < 4.78 is 10.8. The zero-order valence-corrected chi connectivity index (χ0v) is 32.1. The van der Waals surface area contributed by atoms with E-state index in [9.17, 15) is 28.8 Å². The van der Waals surface area contributed by atoms with E-state index >= 15 is 0 Å². The summed E-state index contributed by atoms with van der Waals surface area (Å²) in [6, 6.07) is -2.87. The molecule has 3 saturated heterocycles. The Kier molecular flexibility index (Phi) is 10.5. The summed E-state index contributed by atoms with van der Waals surface area (Å²) >= 11 is 0. The van der Waals surface area contributed by atoms with Gasteiger partial charge in [-0.05, 0) is 68.9 Å². The van der Waals surface area contributed by atoms with Crippen molar-refractivity contribution >= 4 is 35.3 Å². The number of nitrogens with one attached hydrogen (secondary N) is 3. The van der Waals surface area contributed by atoms with Gasteiger partial charge < -0.3 is 30.1 Å². The third kappa shape index (κ3) is 7.59. The molecule has 5 amide bonds. The van der Waals surface area contributed by atoms with Crippen molar-refractivity contribution in [2.24, 2.45) is 17.3 Å². The first-order chi connectivity index (χ1) is 25.0. The second-order valence-corrected chi connectivity index (χ2v) is 17.6. The van der Waals surface area contributed by atoms with Crippen molar-refractivity contribution in [2.75, 3.05) is 13.1 Å². The van der Waals surface area contributed by atoms with E-state index in [1.807, 2.05) is 48.5 Å². The van der Waals surface area contributed by atoms with Gasteiger partial charge in [0.05, 0.1) is 12.6 Å². The highest BCUT2D eigenvalue weighted by molar-refractivity contribution is 6.39. The van der Waals surface area contributed by atoms with Crippen molar-refractivity contribution in [1.82, 2.24) is 26.0 Å². The molecule has 5 aliphatic rings. The van der Waals surface area contributed by atoms with Crippen LogP contribution < -0.4 is 20.7 Å². The number of aromatic nitrogens is 1. The van der Waals surface area contributed by atoms with Crippen molar-refractivity contribution in [1.29, 1.82) is 0 Å². The molecule has 14 nitrogen and oxygen atoms in total. The Balaban J connectivity index is 1.21. The molecule has 0 spiro atoms. The fourth-order valence-electron chi connectivity index (χ4n) is 8.74. The van der Waals surface area contributed by atoms with Crippen LogP contribution in [0, 0.1) is 29.1 Å². The van der Waals surface area contributed by atoms with E-state index in [2.05, 4.69) is 32.9 Å². The van der Waals surface area contributed by atoms with E-state index in [0.29, 0.717) is 25.9 Å². The van der Waals surface area contributed by atoms with Gasteiger partial charge in [-0.3, -0.25) is 24.0 Å². The fraction of sp³-hybridized carbons (Fsp3) is 0.718. The van der Waals surface area contributed by atoms with Crippen molar-refractivity contribution in [2.45, 2.75) is 148 Å². The maximum Gasteiger partial charge on any atom is 0.344 e. The molecule has 0 radical (unpaired) electrons. The van der Waals surface area contributed by atoms with Crippen molar-refractivity contribution < 1.29 is 42.5 Å². The van der Waals surface area contributed by atoms with Gasteiger partial charge in [0, 0.05) is 31.3 Å². The molecule has 0 aromatic carbocycles. The molecular formula is C39H55N6O8+. The number of likely N-dealkylation sites (tertiary alicyclic amines) is 1. The van der Waals surface area contributed by atoms with Crippen LogP contribution in [0.15, 0.2) is 10.6 Å². The van der Waals surface area contributed by atoms with E-state index in [-0.39, 0.29) is 45.9 Å². The molecule has 7 atom stereocenters. The average molecular weight is 736 g/mol. The lowest BCUT2D eigenvalue weighted by Crippen LogP contribution is -2.82. The summed E-state index contributed by atoms with van der Waals surface area (Å²) in [5.41, 5.74) is -1.32. The second-order valence-electron chi connectivity index (χ2n) is 17.6. The summed E-state index contributed by atoms with van der Waals surface area (Å²) in [6.07, 6.45) is 7.02. The van der Waals surface area contributed by atoms with Crippen molar-refractivity contribution in [3.05, 3.63) is 11.8 Å². The number of β-lactam (4-membered cyclic amide) rings is 1. The Morgan fingerprint density at radius 1 is 1.02 bits per heavy atom. The van der Waals surface area contributed by atoms with Crippen LogP contribution in [0.4, 0.5) is 0 Å². The highest BCUT2D eigenvalue weighted by atomic mass is 16.6. The number of quaternary nitrogens is 1. The monoisotopic (exact) mass is 735 g/mol. The summed E-state index contributed by atoms with van der Waals surface area (Å²) in [6.45, 7) is 13.6. The molecular weight excluding hydrogens is 680 g/mol. The van der Waals surface area contributed by atoms with Gasteiger partial charge in [0.1, 0.15) is 23.7 Å². The van der Waals surface area contributed by atoms with Crippen LogP contribution in [-0.2, 0) is 24.0 Å². The number of ketones is 1. The van der Waals surface area contributed by atoms with Crippen molar-refractivity contribution in [3.8, 4) is 17.7 Å². The molecule has 5 fully saturated rings. The molecule has 3 N–H and O–H groups in total. The second kappa shape index (κ2) is 14.5. The van der Waals surface area contributed by atoms with E-state index in [0.717, 1.165) is 44.9 Å². The fourth-order valence-corrected chi connectivity index (χ4v) is 8.74. The molecule has 0 bridgehead atoms. The standard InChI is InChI=1S/C39H54N6O8/c1-8-9-15-25(31(46)35(49)40-24-16-17-24)45-19-18-23-21-44(29(30(23)45)37(45)51)36(50)32(38(2,3)4)42-34(48)28(22-13-11-10-12-14-22)41-33(47)26-20-27(43-53-26)52-39(5,6)7/h20,22-25,28-30,32H,8,10-14,16-19,21H2,1-7H3,(H2-,40,41,42,47,48,49)/p+1/t23-,25-,28-,29-,30-,32+,45?/m0/s1. The molecule has 6 rings (SSSR count). The average Bonchev–Trinajstić information content (AvgIpc) is 3.52. The number of carbonyl (C=O) groups is 6. The largest absolute Gasteiger partial charge is 0.470 e. The summed E-state index contributed by atoms with van der Waals surface area (Å²) in [5, 5.41) is 12.5. The number of Topliss-reactive ketones (excluding diaryl/α,β-unsaturated/α-hetero) is 1. The number of carbonyl (C=O) groups excluding carboxylic acids is 6. The zero-order valence-electron chi connectivity index (χ0n) is 32.1. The third-order valence-electron chi connectivity index (χ3n) is 11.4. The Hall–Kier alpha value is -4.25. The topological polar surface area (TPSA) is 177 Å². The number of hydrogen-bond donors (Lipinski definition) is 3. The Bertz CT molecular complexity index is 1700. The van der Waals surface area contributed by atoms with E-state index in [4.69, 9.17) is 9.26 Å². The minimum Gasteiger partial charge on any atom is -0.470 e. The molecule has 1 unspecified atom stereocenters. The number of rotatable bonds is 11. The van der Waals surface area contributed by atoms with Gasteiger partial charge in [0.25, 0.3) is 23.5 Å². The normalized spacial score (nSPS) is 27.0. The summed E-state index contributed by atoms with van der Waals surface area (Å²) in [7, 11) is 0. The Morgan fingerprint density at radius 3 is 2.34 bits per heavy atom. The third-order valence-corrected chi connectivity index (χ3v) is 11.4. The molecule has 53 heavy (non-hydrogen) atoms. The number of ether oxygens (including phenoxy) is 1. The van der Waals surface area contributed by atoms with Crippen LogP contribution in [-0.4, -0.2) is 105 Å². The number of amides is 5. The van der Waals surface area contributed by atoms with Crippen LogP contribution in [0.25, 0.3) is 0 Å². The molecule has 2 aliphatic carbocycles. The first-order valence-corrected chi connectivity index (χ1v) is 19.3. The quantitative estimate of drug-likeness (QED) is 0.134. The van der Waals surface area contributed by atoms with Gasteiger partial charge in [-0.2, -0.15) is 0 Å². The smallest absolute Gasteiger partial charge is 0.344 e. The van der Waals surface area contributed by atoms with Crippen LogP contribution >= 0.6 is 0 Å². The maximum atomic E-state index is 14.6.